The van der Waals surface area contributed by atoms with Crippen LogP contribution in [-0.4, -0.2) is 28.4 Å². The van der Waals surface area contributed by atoms with Crippen molar-refractivity contribution < 1.29 is 4.74 Å². The van der Waals surface area contributed by atoms with Crippen molar-refractivity contribution in [1.29, 1.82) is 0 Å². The highest BCUT2D eigenvalue weighted by atomic mass is 16.5. The summed E-state index contributed by atoms with van der Waals surface area (Å²) in [5, 5.41) is 10.9. The molecule has 0 radical (unpaired) electrons. The largest absolute Gasteiger partial charge is 0.373 e. The minimum absolute atomic E-state index is 0.527. The molecule has 0 fully saturated rings. The Bertz CT molecular complexity index is 259. The molecule has 0 amide bonds. The van der Waals surface area contributed by atoms with Gasteiger partial charge >= 0.3 is 0 Å². The maximum absolute atomic E-state index is 5.36. The molecule has 0 aliphatic rings. The van der Waals surface area contributed by atoms with E-state index in [1.54, 1.807) is 0 Å². The molecule has 1 rings (SSSR count). The quantitative estimate of drug-likeness (QED) is 0.687. The van der Waals surface area contributed by atoms with E-state index < -0.39 is 0 Å². The Morgan fingerprint density at radius 2 is 2.23 bits per heavy atom. The molecule has 13 heavy (non-hydrogen) atoms. The van der Waals surface area contributed by atoms with Gasteiger partial charge in [0.2, 0.25) is 5.95 Å². The van der Waals surface area contributed by atoms with Gasteiger partial charge in [-0.05, 0) is 6.42 Å². The van der Waals surface area contributed by atoms with E-state index in [0.29, 0.717) is 6.61 Å². The number of rotatable bonds is 5. The van der Waals surface area contributed by atoms with Crippen molar-refractivity contribution in [2.75, 3.05) is 19.0 Å². The number of hydrogen-bond acceptors (Lipinski definition) is 4. The smallest absolute Gasteiger partial charge is 0.224 e. The monoisotopic (exact) mass is 184 g/mol. The van der Waals surface area contributed by atoms with E-state index in [4.69, 9.17) is 4.74 Å². The van der Waals surface area contributed by atoms with Crippen LogP contribution in [0.4, 0.5) is 5.95 Å². The normalized spacial score (nSPS) is 10.4. The van der Waals surface area contributed by atoms with Gasteiger partial charge in [0.15, 0.2) is 5.82 Å². The van der Waals surface area contributed by atoms with Gasteiger partial charge in [-0.25, -0.2) is 0 Å². The molecular weight excluding hydrogens is 168 g/mol. The summed E-state index contributed by atoms with van der Waals surface area (Å²) in [6, 6.07) is 0. The Labute approximate surface area is 78.1 Å². The lowest BCUT2D eigenvalue weighted by Gasteiger charge is -2.03. The van der Waals surface area contributed by atoms with Crippen LogP contribution in [-0.2, 0) is 18.4 Å². The summed E-state index contributed by atoms with van der Waals surface area (Å²) in [5.74, 6) is 1.60. The van der Waals surface area contributed by atoms with Crippen molar-refractivity contribution in [2.24, 2.45) is 7.05 Å². The van der Waals surface area contributed by atoms with Crippen molar-refractivity contribution in [3.05, 3.63) is 5.82 Å². The van der Waals surface area contributed by atoms with E-state index in [2.05, 4.69) is 22.4 Å². The SMILES string of the molecule is CCCOCc1nnc(NC)n1C. The molecule has 0 aliphatic carbocycles. The van der Waals surface area contributed by atoms with E-state index in [-0.39, 0.29) is 0 Å². The minimum atomic E-state index is 0.527. The number of hydrogen-bond donors (Lipinski definition) is 1. The van der Waals surface area contributed by atoms with Crippen LogP contribution in [0.3, 0.4) is 0 Å². The maximum atomic E-state index is 5.36. The van der Waals surface area contributed by atoms with Crippen LogP contribution in [0.15, 0.2) is 0 Å². The van der Waals surface area contributed by atoms with E-state index in [1.807, 2.05) is 18.7 Å². The molecule has 0 saturated heterocycles. The first kappa shape index (κ1) is 9.98. The number of ether oxygens (including phenoxy) is 1. The van der Waals surface area contributed by atoms with E-state index in [9.17, 15) is 0 Å². The van der Waals surface area contributed by atoms with Crippen molar-refractivity contribution in [3.63, 3.8) is 0 Å². The molecule has 0 atom stereocenters. The summed E-state index contributed by atoms with van der Waals surface area (Å²) in [4.78, 5) is 0. The van der Waals surface area contributed by atoms with Crippen LogP contribution in [0.1, 0.15) is 19.2 Å². The second kappa shape index (κ2) is 4.81. The summed E-state index contributed by atoms with van der Waals surface area (Å²) >= 11 is 0. The molecule has 1 aromatic rings. The van der Waals surface area contributed by atoms with Crippen molar-refractivity contribution >= 4 is 5.95 Å². The molecule has 1 heterocycles. The van der Waals surface area contributed by atoms with E-state index in [0.717, 1.165) is 24.8 Å². The third kappa shape index (κ3) is 2.42. The van der Waals surface area contributed by atoms with Crippen LogP contribution >= 0.6 is 0 Å². The Kier molecular flexibility index (Phi) is 3.70. The number of nitrogens with zero attached hydrogens (tertiary/aromatic N) is 3. The third-order valence-electron chi connectivity index (χ3n) is 1.77. The van der Waals surface area contributed by atoms with Gasteiger partial charge in [0.25, 0.3) is 0 Å². The molecule has 74 valence electrons. The molecule has 1 N–H and O–H groups in total. The number of anilines is 1. The summed E-state index contributed by atoms with van der Waals surface area (Å²) < 4.78 is 7.24. The average molecular weight is 184 g/mol. The molecule has 5 heteroatoms. The Balaban J connectivity index is 2.51. The highest BCUT2D eigenvalue weighted by Crippen LogP contribution is 2.04. The molecule has 0 aromatic carbocycles. The van der Waals surface area contributed by atoms with Gasteiger partial charge in [-0.2, -0.15) is 0 Å². The molecule has 1 aromatic heterocycles. The Morgan fingerprint density at radius 1 is 1.46 bits per heavy atom. The average Bonchev–Trinajstić information content (AvgIpc) is 2.48. The maximum Gasteiger partial charge on any atom is 0.224 e. The first-order valence-corrected chi connectivity index (χ1v) is 4.43. The van der Waals surface area contributed by atoms with E-state index in [1.165, 1.54) is 0 Å². The van der Waals surface area contributed by atoms with Gasteiger partial charge in [0.1, 0.15) is 6.61 Å². The van der Waals surface area contributed by atoms with Gasteiger partial charge in [-0.1, -0.05) is 6.92 Å². The lowest BCUT2D eigenvalue weighted by Crippen LogP contribution is -2.04. The molecule has 0 spiro atoms. The lowest BCUT2D eigenvalue weighted by atomic mass is 10.5. The first-order chi connectivity index (χ1) is 6.29. The molecule has 0 saturated carbocycles. The van der Waals surface area contributed by atoms with Gasteiger partial charge < -0.3 is 10.1 Å². The standard InChI is InChI=1S/C8H16N4O/c1-4-5-13-6-7-10-11-8(9-2)12(7)3/h4-6H2,1-3H3,(H,9,11). The zero-order valence-electron chi connectivity index (χ0n) is 8.37. The second-order valence-electron chi connectivity index (χ2n) is 2.80. The molecule has 0 unspecified atom stereocenters. The summed E-state index contributed by atoms with van der Waals surface area (Å²) in [5.41, 5.74) is 0. The van der Waals surface area contributed by atoms with Gasteiger partial charge in [0, 0.05) is 20.7 Å². The first-order valence-electron chi connectivity index (χ1n) is 4.43. The van der Waals surface area contributed by atoms with E-state index >= 15 is 0 Å². The van der Waals surface area contributed by atoms with Crippen molar-refractivity contribution in [1.82, 2.24) is 14.8 Å². The van der Waals surface area contributed by atoms with Crippen LogP contribution in [0.5, 0.6) is 0 Å². The Morgan fingerprint density at radius 3 is 2.77 bits per heavy atom. The molecule has 5 nitrogen and oxygen atoms in total. The lowest BCUT2D eigenvalue weighted by molar-refractivity contribution is 0.114. The predicted molar refractivity (Wildman–Crippen MR) is 50.5 cm³/mol. The fourth-order valence-corrected chi connectivity index (χ4v) is 1.01. The van der Waals surface area contributed by atoms with Crippen molar-refractivity contribution in [2.45, 2.75) is 20.0 Å². The third-order valence-corrected chi connectivity index (χ3v) is 1.77. The zero-order valence-corrected chi connectivity index (χ0v) is 8.37. The summed E-state index contributed by atoms with van der Waals surface area (Å²) in [7, 11) is 3.73. The van der Waals surface area contributed by atoms with Gasteiger partial charge in [-0.15, -0.1) is 10.2 Å². The molecular formula is C8H16N4O. The predicted octanol–water partition coefficient (Wildman–Crippen LogP) is 0.783. The second-order valence-corrected chi connectivity index (χ2v) is 2.80. The number of nitrogens with one attached hydrogen (secondary N) is 1. The fourth-order valence-electron chi connectivity index (χ4n) is 1.01. The van der Waals surface area contributed by atoms with Gasteiger partial charge in [0.05, 0.1) is 0 Å². The van der Waals surface area contributed by atoms with Crippen LogP contribution in [0.25, 0.3) is 0 Å². The highest BCUT2D eigenvalue weighted by Gasteiger charge is 2.05. The summed E-state index contributed by atoms with van der Waals surface area (Å²) in [6.07, 6.45) is 1.02. The number of aromatic nitrogens is 3. The molecule has 0 bridgehead atoms. The van der Waals surface area contributed by atoms with Gasteiger partial charge in [-0.3, -0.25) is 4.57 Å². The van der Waals surface area contributed by atoms with Crippen LogP contribution in [0.2, 0.25) is 0 Å². The van der Waals surface area contributed by atoms with Crippen molar-refractivity contribution in [3.8, 4) is 0 Å². The zero-order chi connectivity index (χ0) is 9.68. The molecule has 0 aliphatic heterocycles. The van der Waals surface area contributed by atoms with Crippen LogP contribution < -0.4 is 5.32 Å². The highest BCUT2D eigenvalue weighted by molar-refractivity contribution is 5.23. The topological polar surface area (TPSA) is 52.0 Å². The fraction of sp³-hybridized carbons (Fsp3) is 0.750. The summed E-state index contributed by atoms with van der Waals surface area (Å²) in [6.45, 7) is 3.37. The minimum Gasteiger partial charge on any atom is -0.373 e. The Hall–Kier alpha value is -1.10. The van der Waals surface area contributed by atoms with Crippen LogP contribution in [0, 0.1) is 0 Å².